The van der Waals surface area contributed by atoms with Crippen molar-refractivity contribution in [3.63, 3.8) is 0 Å². The van der Waals surface area contributed by atoms with Gasteiger partial charge in [-0.05, 0) is 82.9 Å². The van der Waals surface area contributed by atoms with Crippen LogP contribution in [0.3, 0.4) is 0 Å². The maximum atomic E-state index is 6.46. The third-order valence-corrected chi connectivity index (χ3v) is 12.5. The quantitative estimate of drug-likeness (QED) is 0.171. The van der Waals surface area contributed by atoms with Crippen LogP contribution in [0.1, 0.15) is 0 Å². The number of benzene rings is 8. The van der Waals surface area contributed by atoms with Crippen molar-refractivity contribution in [3.05, 3.63) is 182 Å². The summed E-state index contributed by atoms with van der Waals surface area (Å²) >= 11 is 3.58. The monoisotopic (exact) mass is 726 g/mol. The molecule has 0 spiro atoms. The zero-order valence-corrected chi connectivity index (χ0v) is 30.6. The number of fused-ring (bicyclic) bond motifs is 8. The molecule has 3 heterocycles. The number of nitrogens with zero attached hydrogens (tertiary/aromatic N) is 2. The molecule has 0 bridgehead atoms. The van der Waals surface area contributed by atoms with Crippen LogP contribution in [0.2, 0.25) is 0 Å². The average Bonchev–Trinajstić information content (AvgIpc) is 3.95. The van der Waals surface area contributed by atoms with Crippen LogP contribution in [0.5, 0.6) is 0 Å². The number of para-hydroxylation sites is 1. The SMILES string of the molecule is c1ccc(-c2nc3c(ccc4sc5ccc(N(c6ccc(-c7ccccc7)c(-c7ccccc7)c6)c6ccc7c(c6)oc6ccccc67)cc5c43)s2)cc1. The van der Waals surface area contributed by atoms with Crippen LogP contribution in [0.4, 0.5) is 17.1 Å². The summed E-state index contributed by atoms with van der Waals surface area (Å²) in [5.41, 5.74) is 11.8. The van der Waals surface area contributed by atoms with Gasteiger partial charge in [0.25, 0.3) is 0 Å². The van der Waals surface area contributed by atoms with E-state index in [2.05, 4.69) is 175 Å². The number of thiophene rings is 1. The van der Waals surface area contributed by atoms with E-state index in [1.54, 1.807) is 11.3 Å². The number of thiazole rings is 1. The topological polar surface area (TPSA) is 29.3 Å². The minimum atomic E-state index is 0.863. The van der Waals surface area contributed by atoms with E-state index in [0.717, 1.165) is 55.1 Å². The van der Waals surface area contributed by atoms with E-state index in [1.165, 1.54) is 47.1 Å². The first-order valence-electron chi connectivity index (χ1n) is 18.0. The molecule has 0 aliphatic carbocycles. The van der Waals surface area contributed by atoms with E-state index < -0.39 is 0 Å². The fourth-order valence-electron chi connectivity index (χ4n) is 7.78. The molecule has 8 aromatic carbocycles. The zero-order chi connectivity index (χ0) is 35.6. The predicted molar refractivity (Wildman–Crippen MR) is 231 cm³/mol. The minimum absolute atomic E-state index is 0.863. The maximum absolute atomic E-state index is 6.46. The molecule has 5 heteroatoms. The highest BCUT2D eigenvalue weighted by molar-refractivity contribution is 7.26. The first-order valence-corrected chi connectivity index (χ1v) is 19.7. The van der Waals surface area contributed by atoms with E-state index >= 15 is 0 Å². The van der Waals surface area contributed by atoms with Crippen LogP contribution in [0.25, 0.3) is 85.2 Å². The number of furan rings is 1. The van der Waals surface area contributed by atoms with Crippen molar-refractivity contribution in [2.45, 2.75) is 0 Å². The van der Waals surface area contributed by atoms with E-state index in [0.29, 0.717) is 0 Å². The molecule has 0 N–H and O–H groups in total. The smallest absolute Gasteiger partial charge is 0.137 e. The molecule has 11 rings (SSSR count). The number of hydrogen-bond donors (Lipinski definition) is 0. The van der Waals surface area contributed by atoms with Gasteiger partial charge in [0.1, 0.15) is 16.2 Å². The molecule has 0 radical (unpaired) electrons. The lowest BCUT2D eigenvalue weighted by Crippen LogP contribution is -2.10. The van der Waals surface area contributed by atoms with Gasteiger partial charge in [0.05, 0.1) is 10.2 Å². The van der Waals surface area contributed by atoms with Gasteiger partial charge in [0.2, 0.25) is 0 Å². The number of rotatable bonds is 6. The highest BCUT2D eigenvalue weighted by atomic mass is 32.1. The molecule has 3 aromatic heterocycles. The van der Waals surface area contributed by atoms with Gasteiger partial charge in [-0.1, -0.05) is 115 Å². The molecule has 0 saturated carbocycles. The number of anilines is 3. The van der Waals surface area contributed by atoms with Crippen LogP contribution < -0.4 is 4.90 Å². The van der Waals surface area contributed by atoms with E-state index in [1.807, 2.05) is 23.5 Å². The molecule has 0 aliphatic rings. The second-order valence-electron chi connectivity index (χ2n) is 13.5. The molecule has 0 saturated heterocycles. The second-order valence-corrected chi connectivity index (χ2v) is 15.6. The van der Waals surface area contributed by atoms with Gasteiger partial charge in [-0.3, -0.25) is 0 Å². The Kier molecular flexibility index (Phi) is 7.22. The summed E-state index contributed by atoms with van der Waals surface area (Å²) < 4.78 is 10.1. The van der Waals surface area contributed by atoms with Crippen molar-refractivity contribution in [3.8, 4) is 32.8 Å². The summed E-state index contributed by atoms with van der Waals surface area (Å²) in [7, 11) is 0. The first-order chi connectivity index (χ1) is 26.7. The van der Waals surface area contributed by atoms with Gasteiger partial charge >= 0.3 is 0 Å². The van der Waals surface area contributed by atoms with Gasteiger partial charge in [-0.2, -0.15) is 0 Å². The fourth-order valence-corrected chi connectivity index (χ4v) is 9.85. The summed E-state index contributed by atoms with van der Waals surface area (Å²) in [5, 5.41) is 5.70. The van der Waals surface area contributed by atoms with Gasteiger partial charge < -0.3 is 9.32 Å². The largest absolute Gasteiger partial charge is 0.456 e. The number of hydrogen-bond acceptors (Lipinski definition) is 5. The predicted octanol–water partition coefficient (Wildman–Crippen LogP) is 15.0. The van der Waals surface area contributed by atoms with Crippen molar-refractivity contribution in [1.82, 2.24) is 4.98 Å². The van der Waals surface area contributed by atoms with Gasteiger partial charge in [0, 0.05) is 59.6 Å². The summed E-state index contributed by atoms with van der Waals surface area (Å²) in [6, 6.07) is 64.9. The Bertz CT molecular complexity index is 3160. The molecule has 3 nitrogen and oxygen atoms in total. The molecule has 0 amide bonds. The average molecular weight is 727 g/mol. The van der Waals surface area contributed by atoms with Crippen molar-refractivity contribution >= 4 is 92.1 Å². The van der Waals surface area contributed by atoms with E-state index in [-0.39, 0.29) is 0 Å². The summed E-state index contributed by atoms with van der Waals surface area (Å²) in [5.74, 6) is 0. The van der Waals surface area contributed by atoms with Crippen LogP contribution in [-0.4, -0.2) is 4.98 Å². The molecule has 54 heavy (non-hydrogen) atoms. The van der Waals surface area contributed by atoms with Crippen LogP contribution in [-0.2, 0) is 0 Å². The van der Waals surface area contributed by atoms with Crippen LogP contribution in [0.15, 0.2) is 186 Å². The molecule has 0 fully saturated rings. The van der Waals surface area contributed by atoms with Crippen molar-refractivity contribution < 1.29 is 4.42 Å². The van der Waals surface area contributed by atoms with Crippen molar-refractivity contribution in [1.29, 1.82) is 0 Å². The lowest BCUT2D eigenvalue weighted by molar-refractivity contribution is 0.669. The van der Waals surface area contributed by atoms with E-state index in [4.69, 9.17) is 9.40 Å². The minimum Gasteiger partial charge on any atom is -0.456 e. The highest BCUT2D eigenvalue weighted by Gasteiger charge is 2.21. The zero-order valence-electron chi connectivity index (χ0n) is 28.9. The second kappa shape index (κ2) is 12.6. The molecular weight excluding hydrogens is 697 g/mol. The molecule has 11 aromatic rings. The van der Waals surface area contributed by atoms with Gasteiger partial charge in [-0.15, -0.1) is 22.7 Å². The van der Waals surface area contributed by atoms with Gasteiger partial charge in [-0.25, -0.2) is 4.98 Å². The van der Waals surface area contributed by atoms with Crippen molar-refractivity contribution in [2.75, 3.05) is 4.90 Å². The molecule has 254 valence electrons. The standard InChI is InChI=1S/C49H30N2OS2/c1-4-12-31(13-5-1)37-23-20-34(28-40(37)32-14-6-2-7-15-32)51(36-21-24-39-38-18-10-11-19-42(38)52-43(39)30-36)35-22-25-44-41(29-35)47-45(53-44)26-27-46-48(47)50-49(54-46)33-16-8-3-9-17-33/h1-30H. The Hall–Kier alpha value is -6.53. The first kappa shape index (κ1) is 31.0. The molecular formula is C49H30N2OS2. The van der Waals surface area contributed by atoms with Crippen LogP contribution >= 0.6 is 22.7 Å². The third kappa shape index (κ3) is 5.12. The summed E-state index contributed by atoms with van der Waals surface area (Å²) in [6.45, 7) is 0. The molecule has 0 aliphatic heterocycles. The van der Waals surface area contributed by atoms with Gasteiger partial charge in [0.15, 0.2) is 0 Å². The molecule has 0 atom stereocenters. The Morgan fingerprint density at radius 2 is 1.00 bits per heavy atom. The Morgan fingerprint density at radius 1 is 0.407 bits per heavy atom. The van der Waals surface area contributed by atoms with Crippen molar-refractivity contribution in [2.24, 2.45) is 0 Å². The number of aromatic nitrogens is 1. The summed E-state index contributed by atoms with van der Waals surface area (Å²) in [6.07, 6.45) is 0. The van der Waals surface area contributed by atoms with Crippen LogP contribution in [0, 0.1) is 0 Å². The van der Waals surface area contributed by atoms with E-state index in [9.17, 15) is 0 Å². The third-order valence-electron chi connectivity index (χ3n) is 10.3. The molecule has 0 unspecified atom stereocenters. The Balaban J connectivity index is 1.15. The Labute approximate surface area is 319 Å². The maximum Gasteiger partial charge on any atom is 0.137 e. The highest BCUT2D eigenvalue weighted by Crippen LogP contribution is 2.46. The summed E-state index contributed by atoms with van der Waals surface area (Å²) in [4.78, 5) is 7.63. The Morgan fingerprint density at radius 3 is 1.80 bits per heavy atom. The normalized spacial score (nSPS) is 11.7. The lowest BCUT2D eigenvalue weighted by Gasteiger charge is -2.27. The lowest BCUT2D eigenvalue weighted by atomic mass is 9.93. The fraction of sp³-hybridized carbons (Fsp3) is 0.